The lowest BCUT2D eigenvalue weighted by Crippen LogP contribution is -2.10. The maximum Gasteiger partial charge on any atom is 0.226 e. The number of amides is 1. The molecule has 3 aromatic rings. The second-order valence-electron chi connectivity index (χ2n) is 7.00. The fraction of sp³-hybridized carbons (Fsp3) is 0.292. The summed E-state index contributed by atoms with van der Waals surface area (Å²) < 4.78 is 0. The molecule has 0 saturated carbocycles. The lowest BCUT2D eigenvalue weighted by atomic mass is 10.1. The molecule has 0 radical (unpaired) electrons. The van der Waals surface area contributed by atoms with Crippen LogP contribution >= 0.6 is 23.1 Å². The van der Waals surface area contributed by atoms with E-state index in [1.54, 1.807) is 0 Å². The van der Waals surface area contributed by atoms with Gasteiger partial charge in [0.2, 0.25) is 5.91 Å². The van der Waals surface area contributed by atoms with E-state index in [4.69, 9.17) is 0 Å². The number of carbonyl (C=O) groups excluding carboxylic acids is 2. The van der Waals surface area contributed by atoms with Gasteiger partial charge in [0, 0.05) is 29.5 Å². The maximum atomic E-state index is 12.1. The molecule has 0 aliphatic rings. The number of nitrogens with zero attached hydrogens (tertiary/aromatic N) is 1. The highest BCUT2D eigenvalue weighted by Crippen LogP contribution is 2.24. The van der Waals surface area contributed by atoms with E-state index in [-0.39, 0.29) is 11.0 Å². The summed E-state index contributed by atoms with van der Waals surface area (Å²) in [5, 5.41) is 5.72. The van der Waals surface area contributed by atoms with Gasteiger partial charge in [-0.05, 0) is 18.4 Å². The topological polar surface area (TPSA) is 59.1 Å². The molecule has 0 unspecified atom stereocenters. The number of carbonyl (C=O) groups is 2. The predicted octanol–water partition coefficient (Wildman–Crippen LogP) is 6.20. The number of thiazole rings is 1. The van der Waals surface area contributed by atoms with Gasteiger partial charge in [-0.1, -0.05) is 85.3 Å². The number of aromatic nitrogens is 1. The number of nitrogens with one attached hydrogen (secondary N) is 1. The first-order chi connectivity index (χ1) is 14.7. The van der Waals surface area contributed by atoms with Gasteiger partial charge in [0.25, 0.3) is 0 Å². The predicted molar refractivity (Wildman–Crippen MR) is 127 cm³/mol. The van der Waals surface area contributed by atoms with E-state index in [0.29, 0.717) is 18.0 Å². The Labute approximate surface area is 186 Å². The van der Waals surface area contributed by atoms with Gasteiger partial charge in [0.05, 0.1) is 5.69 Å². The smallest absolute Gasteiger partial charge is 0.226 e. The Morgan fingerprint density at radius 1 is 0.900 bits per heavy atom. The molecule has 0 bridgehead atoms. The van der Waals surface area contributed by atoms with E-state index in [9.17, 15) is 9.59 Å². The standard InChI is InChI=1S/C24H26N2O2S2/c27-22(26-24-25-21(18-30-24)20-13-7-4-8-14-20)15-9-1-2-10-16-29-23(28)17-19-11-5-3-6-12-19/h3-8,11-14,18H,1-2,9-10,15-17H2,(H,25,26,27). The van der Waals surface area contributed by atoms with Crippen molar-refractivity contribution in [2.75, 3.05) is 11.1 Å². The van der Waals surface area contributed by atoms with Crippen molar-refractivity contribution >= 4 is 39.3 Å². The second kappa shape index (κ2) is 12.3. The molecule has 0 saturated heterocycles. The molecule has 3 rings (SSSR count). The fourth-order valence-corrected chi connectivity index (χ4v) is 4.58. The minimum Gasteiger partial charge on any atom is -0.302 e. The molecule has 1 aromatic heterocycles. The van der Waals surface area contributed by atoms with Crippen LogP contribution in [0.2, 0.25) is 0 Å². The Kier molecular flexibility index (Phi) is 9.12. The number of benzene rings is 2. The zero-order valence-electron chi connectivity index (χ0n) is 16.9. The van der Waals surface area contributed by atoms with E-state index >= 15 is 0 Å². The van der Waals surface area contributed by atoms with Gasteiger partial charge in [-0.15, -0.1) is 11.3 Å². The van der Waals surface area contributed by atoms with Crippen molar-refractivity contribution in [3.8, 4) is 11.3 Å². The third-order valence-electron chi connectivity index (χ3n) is 4.57. The van der Waals surface area contributed by atoms with Crippen molar-refractivity contribution in [2.24, 2.45) is 0 Å². The zero-order valence-corrected chi connectivity index (χ0v) is 18.5. The Morgan fingerprint density at radius 2 is 1.60 bits per heavy atom. The molecule has 156 valence electrons. The van der Waals surface area contributed by atoms with E-state index in [1.807, 2.05) is 66.0 Å². The SMILES string of the molecule is O=C(CCCCCCSC(=O)Cc1ccccc1)Nc1nc(-c2ccccc2)cs1. The Morgan fingerprint density at radius 3 is 2.37 bits per heavy atom. The third-order valence-corrected chi connectivity index (χ3v) is 6.29. The third kappa shape index (κ3) is 7.76. The van der Waals surface area contributed by atoms with Crippen LogP contribution in [-0.2, 0) is 16.0 Å². The van der Waals surface area contributed by atoms with E-state index in [1.165, 1.54) is 23.1 Å². The van der Waals surface area contributed by atoms with Crippen LogP contribution in [0.4, 0.5) is 5.13 Å². The molecule has 30 heavy (non-hydrogen) atoms. The molecule has 0 spiro atoms. The van der Waals surface area contributed by atoms with E-state index in [2.05, 4.69) is 10.3 Å². The van der Waals surface area contributed by atoms with Crippen LogP contribution in [0.25, 0.3) is 11.3 Å². The summed E-state index contributed by atoms with van der Waals surface area (Å²) >= 11 is 2.86. The monoisotopic (exact) mass is 438 g/mol. The normalized spacial score (nSPS) is 10.7. The summed E-state index contributed by atoms with van der Waals surface area (Å²) in [5.41, 5.74) is 3.00. The minimum absolute atomic E-state index is 0.0105. The summed E-state index contributed by atoms with van der Waals surface area (Å²) in [7, 11) is 0. The lowest BCUT2D eigenvalue weighted by molar-refractivity contribution is -0.116. The van der Waals surface area contributed by atoms with Crippen LogP contribution in [0.5, 0.6) is 0 Å². The average molecular weight is 439 g/mol. The van der Waals surface area contributed by atoms with Crippen LogP contribution < -0.4 is 5.32 Å². The van der Waals surface area contributed by atoms with Gasteiger partial charge in [0.1, 0.15) is 0 Å². The summed E-state index contributed by atoms with van der Waals surface area (Å²) in [4.78, 5) is 28.6. The van der Waals surface area contributed by atoms with Gasteiger partial charge in [-0.2, -0.15) is 0 Å². The Hall–Kier alpha value is -2.44. The Bertz CT molecular complexity index is 927. The summed E-state index contributed by atoms with van der Waals surface area (Å²) in [6.45, 7) is 0. The summed E-state index contributed by atoms with van der Waals surface area (Å²) in [6, 6.07) is 19.8. The number of anilines is 1. The van der Waals surface area contributed by atoms with Crippen LogP contribution in [0, 0.1) is 0 Å². The van der Waals surface area contributed by atoms with Gasteiger partial charge >= 0.3 is 0 Å². The maximum absolute atomic E-state index is 12.1. The minimum atomic E-state index is 0.0105. The van der Waals surface area contributed by atoms with Crippen molar-refractivity contribution < 1.29 is 9.59 Å². The highest BCUT2D eigenvalue weighted by Gasteiger charge is 2.08. The van der Waals surface area contributed by atoms with E-state index in [0.717, 1.165) is 48.3 Å². The molecular formula is C24H26N2O2S2. The number of rotatable bonds is 11. The van der Waals surface area contributed by atoms with Crippen LogP contribution in [0.3, 0.4) is 0 Å². The molecule has 2 aromatic carbocycles. The van der Waals surface area contributed by atoms with Gasteiger partial charge in [-0.25, -0.2) is 4.98 Å². The quantitative estimate of drug-likeness (QED) is 0.362. The average Bonchev–Trinajstić information content (AvgIpc) is 3.23. The number of hydrogen-bond acceptors (Lipinski definition) is 5. The summed E-state index contributed by atoms with van der Waals surface area (Å²) in [6.07, 6.45) is 4.88. The highest BCUT2D eigenvalue weighted by molar-refractivity contribution is 8.13. The highest BCUT2D eigenvalue weighted by atomic mass is 32.2. The zero-order chi connectivity index (χ0) is 21.0. The van der Waals surface area contributed by atoms with Crippen molar-refractivity contribution in [2.45, 2.75) is 38.5 Å². The van der Waals surface area contributed by atoms with E-state index < -0.39 is 0 Å². The molecule has 0 atom stereocenters. The van der Waals surface area contributed by atoms with Crippen molar-refractivity contribution in [1.82, 2.24) is 4.98 Å². The number of thioether (sulfide) groups is 1. The molecule has 0 aliphatic heterocycles. The first-order valence-corrected chi connectivity index (χ1v) is 12.1. The molecule has 1 N–H and O–H groups in total. The van der Waals surface area contributed by atoms with Crippen LogP contribution in [-0.4, -0.2) is 21.8 Å². The van der Waals surface area contributed by atoms with Crippen LogP contribution in [0.15, 0.2) is 66.0 Å². The molecule has 1 amide bonds. The lowest BCUT2D eigenvalue weighted by Gasteiger charge is -2.03. The molecule has 6 heteroatoms. The number of unbranched alkanes of at least 4 members (excludes halogenated alkanes) is 3. The van der Waals surface area contributed by atoms with Crippen LogP contribution in [0.1, 0.15) is 37.7 Å². The van der Waals surface area contributed by atoms with Crippen molar-refractivity contribution in [1.29, 1.82) is 0 Å². The molecule has 1 heterocycles. The first kappa shape index (κ1) is 22.2. The number of hydrogen-bond donors (Lipinski definition) is 1. The molecule has 0 fully saturated rings. The second-order valence-corrected chi connectivity index (χ2v) is 9.01. The van der Waals surface area contributed by atoms with Gasteiger partial charge in [0.15, 0.2) is 10.2 Å². The largest absolute Gasteiger partial charge is 0.302 e. The van der Waals surface area contributed by atoms with Gasteiger partial charge in [-0.3, -0.25) is 9.59 Å². The fourth-order valence-electron chi connectivity index (χ4n) is 3.00. The first-order valence-electron chi connectivity index (χ1n) is 10.2. The molecular weight excluding hydrogens is 412 g/mol. The van der Waals surface area contributed by atoms with Crippen molar-refractivity contribution in [3.05, 3.63) is 71.6 Å². The van der Waals surface area contributed by atoms with Crippen molar-refractivity contribution in [3.63, 3.8) is 0 Å². The summed E-state index contributed by atoms with van der Waals surface area (Å²) in [5.74, 6) is 0.857. The van der Waals surface area contributed by atoms with Gasteiger partial charge < -0.3 is 5.32 Å². The molecule has 0 aliphatic carbocycles. The molecule has 4 nitrogen and oxygen atoms in total. The Balaban J connectivity index is 1.24.